The normalized spacial score (nSPS) is 10.7. The quantitative estimate of drug-likeness (QED) is 0.569. The van der Waals surface area contributed by atoms with Crippen LogP contribution in [0.25, 0.3) is 0 Å². The topological polar surface area (TPSA) is 20.2 Å². The van der Waals surface area contributed by atoms with Crippen molar-refractivity contribution in [3.63, 3.8) is 0 Å². The zero-order chi connectivity index (χ0) is 11.3. The Morgan fingerprint density at radius 3 is 2.87 bits per heavy atom. The average molecular weight is 207 g/mol. The van der Waals surface area contributed by atoms with E-state index >= 15 is 0 Å². The van der Waals surface area contributed by atoms with Crippen molar-refractivity contribution in [3.05, 3.63) is 36.7 Å². The molecule has 0 saturated heterocycles. The van der Waals surface area contributed by atoms with Crippen LogP contribution in [0.1, 0.15) is 26.5 Å². The Bertz CT molecular complexity index is 302. The third-order valence-corrected chi connectivity index (χ3v) is 2.29. The number of aromatic nitrogens is 1. The summed E-state index contributed by atoms with van der Waals surface area (Å²) in [6.07, 6.45) is 4.98. The third-order valence-electron chi connectivity index (χ3n) is 2.29. The zero-order valence-corrected chi connectivity index (χ0v) is 9.90. The molecule has 0 atom stereocenters. The van der Waals surface area contributed by atoms with Crippen molar-refractivity contribution in [1.29, 1.82) is 0 Å². The number of hydrogen-bond donors (Lipinski definition) is 1. The fourth-order valence-corrected chi connectivity index (χ4v) is 1.56. The van der Waals surface area contributed by atoms with Gasteiger partial charge < -0.3 is 0 Å². The SMILES string of the molecule is C=CCNN(C(C)C)n1cccc1CC. The van der Waals surface area contributed by atoms with Crippen LogP contribution in [0.15, 0.2) is 31.0 Å². The molecule has 0 aliphatic carbocycles. The van der Waals surface area contributed by atoms with Crippen molar-refractivity contribution >= 4 is 0 Å². The Balaban J connectivity index is 2.83. The van der Waals surface area contributed by atoms with Crippen molar-refractivity contribution in [3.8, 4) is 0 Å². The molecule has 0 aliphatic heterocycles. The van der Waals surface area contributed by atoms with Gasteiger partial charge in [0.05, 0.1) is 6.04 Å². The molecule has 0 amide bonds. The standard InChI is InChI=1S/C12H21N3/c1-5-9-13-15(11(3)4)14-10-7-8-12(14)6-2/h5,7-8,10-11,13H,1,6,9H2,2-4H3. The molecule has 15 heavy (non-hydrogen) atoms. The Morgan fingerprint density at radius 1 is 1.60 bits per heavy atom. The summed E-state index contributed by atoms with van der Waals surface area (Å²) in [7, 11) is 0. The maximum Gasteiger partial charge on any atom is 0.0570 e. The second-order valence-electron chi connectivity index (χ2n) is 3.79. The summed E-state index contributed by atoms with van der Waals surface area (Å²) in [6, 6.07) is 4.62. The molecular weight excluding hydrogens is 186 g/mol. The Kier molecular flexibility index (Phi) is 4.43. The van der Waals surface area contributed by atoms with Gasteiger partial charge in [0.2, 0.25) is 0 Å². The molecule has 1 aromatic heterocycles. The van der Waals surface area contributed by atoms with Crippen LogP contribution in [0, 0.1) is 0 Å². The first-order valence-electron chi connectivity index (χ1n) is 5.50. The number of nitrogens with one attached hydrogen (secondary N) is 1. The lowest BCUT2D eigenvalue weighted by Gasteiger charge is -2.31. The van der Waals surface area contributed by atoms with Gasteiger partial charge in [-0.2, -0.15) is 0 Å². The maximum atomic E-state index is 3.72. The molecule has 1 rings (SSSR count). The maximum absolute atomic E-state index is 3.72. The van der Waals surface area contributed by atoms with Crippen molar-refractivity contribution in [1.82, 2.24) is 10.1 Å². The van der Waals surface area contributed by atoms with Crippen LogP contribution in [0.5, 0.6) is 0 Å². The van der Waals surface area contributed by atoms with Gasteiger partial charge in [0, 0.05) is 18.4 Å². The minimum atomic E-state index is 0.405. The van der Waals surface area contributed by atoms with E-state index < -0.39 is 0 Å². The van der Waals surface area contributed by atoms with Crippen molar-refractivity contribution in [2.24, 2.45) is 0 Å². The predicted molar refractivity (Wildman–Crippen MR) is 65.4 cm³/mol. The summed E-state index contributed by atoms with van der Waals surface area (Å²) in [5.41, 5.74) is 4.63. The lowest BCUT2D eigenvalue weighted by Crippen LogP contribution is -2.51. The van der Waals surface area contributed by atoms with E-state index in [1.54, 1.807) is 0 Å². The molecule has 0 spiro atoms. The van der Waals surface area contributed by atoms with Crippen LogP contribution in [0.3, 0.4) is 0 Å². The van der Waals surface area contributed by atoms with Crippen molar-refractivity contribution < 1.29 is 0 Å². The Hall–Kier alpha value is -1.22. The second kappa shape index (κ2) is 5.61. The van der Waals surface area contributed by atoms with Crippen LogP contribution >= 0.6 is 0 Å². The van der Waals surface area contributed by atoms with E-state index in [1.807, 2.05) is 6.08 Å². The lowest BCUT2D eigenvalue weighted by atomic mass is 10.3. The van der Waals surface area contributed by atoms with Gasteiger partial charge in [-0.05, 0) is 32.4 Å². The minimum Gasteiger partial charge on any atom is -0.255 e. The number of hydrogen-bond acceptors (Lipinski definition) is 2. The molecule has 0 saturated carbocycles. The minimum absolute atomic E-state index is 0.405. The number of hydrazine groups is 1. The fraction of sp³-hybridized carbons (Fsp3) is 0.500. The van der Waals surface area contributed by atoms with Gasteiger partial charge in [-0.3, -0.25) is 4.68 Å². The molecule has 0 bridgehead atoms. The molecule has 0 unspecified atom stereocenters. The van der Waals surface area contributed by atoms with Crippen LogP contribution < -0.4 is 10.5 Å². The van der Waals surface area contributed by atoms with E-state index in [1.165, 1.54) is 5.69 Å². The predicted octanol–water partition coefficient (Wildman–Crippen LogP) is 2.09. The highest BCUT2D eigenvalue weighted by molar-refractivity contribution is 5.10. The monoisotopic (exact) mass is 207 g/mol. The van der Waals surface area contributed by atoms with Crippen LogP contribution in [0.4, 0.5) is 0 Å². The summed E-state index contributed by atoms with van der Waals surface area (Å²) in [4.78, 5) is 0. The zero-order valence-electron chi connectivity index (χ0n) is 9.90. The summed E-state index contributed by atoms with van der Waals surface area (Å²) >= 11 is 0. The highest BCUT2D eigenvalue weighted by Crippen LogP contribution is 2.05. The first kappa shape index (κ1) is 11.9. The highest BCUT2D eigenvalue weighted by Gasteiger charge is 2.10. The molecule has 1 heterocycles. The van der Waals surface area contributed by atoms with Crippen LogP contribution in [0.2, 0.25) is 0 Å². The molecule has 3 nitrogen and oxygen atoms in total. The number of rotatable bonds is 6. The fourth-order valence-electron chi connectivity index (χ4n) is 1.56. The Labute approximate surface area is 92.3 Å². The molecule has 1 aromatic rings. The van der Waals surface area contributed by atoms with Gasteiger partial charge in [-0.1, -0.05) is 13.0 Å². The van der Waals surface area contributed by atoms with Gasteiger partial charge >= 0.3 is 0 Å². The molecule has 3 heteroatoms. The average Bonchev–Trinajstić information content (AvgIpc) is 2.66. The van der Waals surface area contributed by atoms with Gasteiger partial charge in [-0.15, -0.1) is 6.58 Å². The second-order valence-corrected chi connectivity index (χ2v) is 3.79. The third kappa shape index (κ3) is 2.86. The van der Waals surface area contributed by atoms with E-state index in [4.69, 9.17) is 0 Å². The molecule has 0 radical (unpaired) electrons. The van der Waals surface area contributed by atoms with E-state index in [9.17, 15) is 0 Å². The van der Waals surface area contributed by atoms with Gasteiger partial charge in [0.25, 0.3) is 0 Å². The van der Waals surface area contributed by atoms with Crippen molar-refractivity contribution in [2.75, 3.05) is 11.7 Å². The molecule has 0 aromatic carbocycles. The first-order valence-corrected chi connectivity index (χ1v) is 5.50. The molecule has 84 valence electrons. The van der Waals surface area contributed by atoms with Crippen LogP contribution in [-0.2, 0) is 6.42 Å². The van der Waals surface area contributed by atoms with Crippen molar-refractivity contribution in [2.45, 2.75) is 33.2 Å². The first-order chi connectivity index (χ1) is 7.20. The van der Waals surface area contributed by atoms with Gasteiger partial charge in [-0.25, -0.2) is 10.5 Å². The van der Waals surface area contributed by atoms with E-state index in [2.05, 4.69) is 60.9 Å². The van der Waals surface area contributed by atoms with E-state index in [-0.39, 0.29) is 0 Å². The smallest absolute Gasteiger partial charge is 0.0570 e. The van der Waals surface area contributed by atoms with E-state index in [0.29, 0.717) is 6.04 Å². The number of aryl methyl sites for hydroxylation is 1. The highest BCUT2D eigenvalue weighted by atomic mass is 15.8. The Morgan fingerprint density at radius 2 is 2.33 bits per heavy atom. The molecule has 0 fully saturated rings. The summed E-state index contributed by atoms with van der Waals surface area (Å²) in [5, 5.41) is 2.13. The van der Waals surface area contributed by atoms with Gasteiger partial charge in [0.1, 0.15) is 0 Å². The van der Waals surface area contributed by atoms with E-state index in [0.717, 1.165) is 13.0 Å². The molecular formula is C12H21N3. The van der Waals surface area contributed by atoms with Crippen LogP contribution in [-0.4, -0.2) is 17.3 Å². The molecule has 0 aliphatic rings. The number of nitrogens with zero attached hydrogens (tertiary/aromatic N) is 2. The summed E-state index contributed by atoms with van der Waals surface area (Å²) in [5.74, 6) is 0. The largest absolute Gasteiger partial charge is 0.255 e. The summed E-state index contributed by atoms with van der Waals surface area (Å²) in [6.45, 7) is 11.0. The lowest BCUT2D eigenvalue weighted by molar-refractivity contribution is 0.438. The summed E-state index contributed by atoms with van der Waals surface area (Å²) < 4.78 is 2.16. The van der Waals surface area contributed by atoms with Gasteiger partial charge in [0.15, 0.2) is 0 Å². The molecule has 1 N–H and O–H groups in total.